The number of benzene rings is 1. The maximum absolute atomic E-state index is 12.9. The van der Waals surface area contributed by atoms with Gasteiger partial charge in [-0.15, -0.1) is 0 Å². The van der Waals surface area contributed by atoms with Gasteiger partial charge in [-0.3, -0.25) is 9.59 Å². The maximum Gasteiger partial charge on any atom is 0.248 e. The zero-order valence-corrected chi connectivity index (χ0v) is 14.5. The Kier molecular flexibility index (Phi) is 4.90. The van der Waals surface area contributed by atoms with Crippen LogP contribution in [0.2, 0.25) is 0 Å². The van der Waals surface area contributed by atoms with Gasteiger partial charge in [0.2, 0.25) is 11.8 Å². The van der Waals surface area contributed by atoms with Crippen LogP contribution in [0.15, 0.2) is 30.3 Å². The summed E-state index contributed by atoms with van der Waals surface area (Å²) in [5.74, 6) is 0.272. The van der Waals surface area contributed by atoms with E-state index in [9.17, 15) is 9.59 Å². The Hall–Kier alpha value is -1.88. The van der Waals surface area contributed by atoms with Gasteiger partial charge < -0.3 is 14.5 Å². The number of likely N-dealkylation sites (tertiary alicyclic amines) is 2. The lowest BCUT2D eigenvalue weighted by Gasteiger charge is -2.37. The molecule has 2 heterocycles. The molecule has 5 heteroatoms. The number of amides is 2. The molecule has 1 spiro atoms. The number of hydrogen-bond donors (Lipinski definition) is 0. The Morgan fingerprint density at radius 3 is 2.54 bits per heavy atom. The Labute approximate surface area is 143 Å². The standard InChI is InChI=1S/C19H26N2O3/c1-20-16(12-15-6-4-3-5-7-15)13-19(18(20)23)8-10-21(11-9-19)17(22)14-24-2/h3-7,16H,8-14H2,1-2H3/t16-/m0/s1. The number of piperidine rings is 1. The predicted molar refractivity (Wildman–Crippen MR) is 91.4 cm³/mol. The van der Waals surface area contributed by atoms with E-state index in [4.69, 9.17) is 4.74 Å². The highest BCUT2D eigenvalue weighted by Gasteiger charge is 2.51. The van der Waals surface area contributed by atoms with Gasteiger partial charge in [0.1, 0.15) is 6.61 Å². The number of hydrogen-bond acceptors (Lipinski definition) is 3. The first-order valence-electron chi connectivity index (χ1n) is 8.64. The monoisotopic (exact) mass is 330 g/mol. The Balaban J connectivity index is 1.65. The summed E-state index contributed by atoms with van der Waals surface area (Å²) in [5.41, 5.74) is 0.991. The summed E-state index contributed by atoms with van der Waals surface area (Å²) in [5, 5.41) is 0. The SMILES string of the molecule is COCC(=O)N1CCC2(CC1)C[C@H](Cc1ccccc1)N(C)C2=O. The van der Waals surface area contributed by atoms with Crippen LogP contribution in [0.25, 0.3) is 0 Å². The second kappa shape index (κ2) is 6.93. The molecular formula is C19H26N2O3. The first kappa shape index (κ1) is 17.0. The molecule has 130 valence electrons. The van der Waals surface area contributed by atoms with Gasteiger partial charge in [-0.25, -0.2) is 0 Å². The van der Waals surface area contributed by atoms with Gasteiger partial charge >= 0.3 is 0 Å². The van der Waals surface area contributed by atoms with Crippen LogP contribution in [-0.2, 0) is 20.7 Å². The molecule has 2 amide bonds. The van der Waals surface area contributed by atoms with Crippen LogP contribution in [0.3, 0.4) is 0 Å². The predicted octanol–water partition coefficient (Wildman–Crippen LogP) is 1.71. The van der Waals surface area contributed by atoms with Crippen molar-refractivity contribution in [1.82, 2.24) is 9.80 Å². The maximum atomic E-state index is 12.9. The number of carbonyl (C=O) groups is 2. The molecule has 0 unspecified atom stereocenters. The number of ether oxygens (including phenoxy) is 1. The molecule has 2 saturated heterocycles. The molecule has 0 N–H and O–H groups in total. The van der Waals surface area contributed by atoms with E-state index in [1.54, 1.807) is 0 Å². The van der Waals surface area contributed by atoms with Crippen molar-refractivity contribution in [2.75, 3.05) is 33.9 Å². The van der Waals surface area contributed by atoms with Crippen molar-refractivity contribution in [2.45, 2.75) is 31.7 Å². The van der Waals surface area contributed by atoms with Crippen molar-refractivity contribution in [1.29, 1.82) is 0 Å². The number of rotatable bonds is 4. The zero-order valence-electron chi connectivity index (χ0n) is 14.5. The topological polar surface area (TPSA) is 49.9 Å². The van der Waals surface area contributed by atoms with Gasteiger partial charge in [-0.05, 0) is 31.2 Å². The van der Waals surface area contributed by atoms with Crippen LogP contribution in [0.1, 0.15) is 24.8 Å². The fraction of sp³-hybridized carbons (Fsp3) is 0.579. The van der Waals surface area contributed by atoms with E-state index in [-0.39, 0.29) is 29.9 Å². The number of likely N-dealkylation sites (N-methyl/N-ethyl adjacent to an activating group) is 1. The van der Waals surface area contributed by atoms with Crippen molar-refractivity contribution in [3.05, 3.63) is 35.9 Å². The quantitative estimate of drug-likeness (QED) is 0.844. The molecule has 0 saturated carbocycles. The molecule has 2 fully saturated rings. The lowest BCUT2D eigenvalue weighted by atomic mass is 9.75. The van der Waals surface area contributed by atoms with Gasteiger partial charge in [0.25, 0.3) is 0 Å². The molecule has 0 aliphatic carbocycles. The molecule has 0 bridgehead atoms. The van der Waals surface area contributed by atoms with Crippen LogP contribution in [-0.4, -0.2) is 61.5 Å². The molecule has 2 aliphatic heterocycles. The number of methoxy groups -OCH3 is 1. The van der Waals surface area contributed by atoms with E-state index in [2.05, 4.69) is 12.1 Å². The summed E-state index contributed by atoms with van der Waals surface area (Å²) in [6, 6.07) is 10.6. The highest BCUT2D eigenvalue weighted by molar-refractivity contribution is 5.86. The summed E-state index contributed by atoms with van der Waals surface area (Å²) in [4.78, 5) is 28.6. The van der Waals surface area contributed by atoms with Gasteiger partial charge in [0.15, 0.2) is 0 Å². The van der Waals surface area contributed by atoms with E-state index < -0.39 is 0 Å². The minimum atomic E-state index is -0.280. The third-order valence-corrected chi connectivity index (χ3v) is 5.60. The summed E-state index contributed by atoms with van der Waals surface area (Å²) in [6.45, 7) is 1.43. The third-order valence-electron chi connectivity index (χ3n) is 5.60. The fourth-order valence-corrected chi connectivity index (χ4v) is 4.13. The molecule has 2 aliphatic rings. The van der Waals surface area contributed by atoms with Crippen LogP contribution in [0, 0.1) is 5.41 Å². The molecule has 3 rings (SSSR count). The first-order chi connectivity index (χ1) is 11.6. The summed E-state index contributed by atoms with van der Waals surface area (Å²) >= 11 is 0. The van der Waals surface area contributed by atoms with Crippen LogP contribution >= 0.6 is 0 Å². The molecule has 5 nitrogen and oxygen atoms in total. The minimum Gasteiger partial charge on any atom is -0.375 e. The molecule has 1 aromatic rings. The van der Waals surface area contributed by atoms with Gasteiger partial charge in [-0.1, -0.05) is 30.3 Å². The van der Waals surface area contributed by atoms with E-state index in [0.717, 1.165) is 25.7 Å². The van der Waals surface area contributed by atoms with E-state index in [1.807, 2.05) is 35.0 Å². The molecular weight excluding hydrogens is 304 g/mol. The van der Waals surface area contributed by atoms with Gasteiger partial charge in [0, 0.05) is 33.3 Å². The van der Waals surface area contributed by atoms with E-state index >= 15 is 0 Å². The summed E-state index contributed by atoms with van der Waals surface area (Å²) in [6.07, 6.45) is 3.31. The average molecular weight is 330 g/mol. The number of carbonyl (C=O) groups excluding carboxylic acids is 2. The van der Waals surface area contributed by atoms with Crippen LogP contribution in [0.5, 0.6) is 0 Å². The average Bonchev–Trinajstić information content (AvgIpc) is 2.82. The largest absolute Gasteiger partial charge is 0.375 e. The summed E-state index contributed by atoms with van der Waals surface area (Å²) < 4.78 is 4.93. The first-order valence-corrected chi connectivity index (χ1v) is 8.64. The lowest BCUT2D eigenvalue weighted by molar-refractivity contribution is -0.144. The van der Waals surface area contributed by atoms with Crippen molar-refractivity contribution >= 4 is 11.8 Å². The third kappa shape index (κ3) is 3.18. The lowest BCUT2D eigenvalue weighted by Crippen LogP contribution is -2.47. The Morgan fingerprint density at radius 1 is 1.25 bits per heavy atom. The second-order valence-electron chi connectivity index (χ2n) is 7.06. The Bertz CT molecular complexity index is 594. The summed E-state index contributed by atoms with van der Waals surface area (Å²) in [7, 11) is 3.46. The zero-order chi connectivity index (χ0) is 17.2. The normalized spacial score (nSPS) is 23.1. The second-order valence-corrected chi connectivity index (χ2v) is 7.06. The van der Waals surface area contributed by atoms with Crippen molar-refractivity contribution in [3.63, 3.8) is 0 Å². The molecule has 24 heavy (non-hydrogen) atoms. The van der Waals surface area contributed by atoms with Crippen LogP contribution in [0.4, 0.5) is 0 Å². The van der Waals surface area contributed by atoms with Crippen molar-refractivity contribution in [2.24, 2.45) is 5.41 Å². The van der Waals surface area contributed by atoms with Crippen molar-refractivity contribution < 1.29 is 14.3 Å². The van der Waals surface area contributed by atoms with Gasteiger partial charge in [-0.2, -0.15) is 0 Å². The molecule has 0 radical (unpaired) electrons. The molecule has 1 atom stereocenters. The Morgan fingerprint density at radius 2 is 1.92 bits per heavy atom. The smallest absolute Gasteiger partial charge is 0.248 e. The fourth-order valence-electron chi connectivity index (χ4n) is 4.13. The van der Waals surface area contributed by atoms with E-state index in [0.29, 0.717) is 13.1 Å². The van der Waals surface area contributed by atoms with E-state index in [1.165, 1.54) is 12.7 Å². The highest BCUT2D eigenvalue weighted by Crippen LogP contribution is 2.44. The van der Waals surface area contributed by atoms with Crippen molar-refractivity contribution in [3.8, 4) is 0 Å². The minimum absolute atomic E-state index is 0.0204. The number of nitrogens with zero attached hydrogens (tertiary/aromatic N) is 2. The van der Waals surface area contributed by atoms with Crippen LogP contribution < -0.4 is 0 Å². The van der Waals surface area contributed by atoms with Gasteiger partial charge in [0.05, 0.1) is 5.41 Å². The molecule has 0 aromatic heterocycles. The highest BCUT2D eigenvalue weighted by atomic mass is 16.5. The molecule has 1 aromatic carbocycles.